The summed E-state index contributed by atoms with van der Waals surface area (Å²) in [5.74, 6) is -1.25. The molecule has 0 radical (unpaired) electrons. The van der Waals surface area contributed by atoms with Crippen molar-refractivity contribution < 1.29 is 18.8 Å². The molecule has 0 spiro atoms. The number of aromatic nitrogens is 1. The number of imide groups is 1. The lowest BCUT2D eigenvalue weighted by Crippen LogP contribution is -2.43. The van der Waals surface area contributed by atoms with Crippen LogP contribution in [0, 0.1) is 19.7 Å². The largest absolute Gasteiger partial charge is 0.344 e. The van der Waals surface area contributed by atoms with Gasteiger partial charge in [0.05, 0.1) is 6.54 Å². The molecule has 1 aromatic heterocycles. The first-order valence-electron chi connectivity index (χ1n) is 10.9. The smallest absolute Gasteiger partial charge is 0.325 e. The predicted molar refractivity (Wildman–Crippen MR) is 122 cm³/mol. The molecule has 7 heteroatoms. The van der Waals surface area contributed by atoms with Crippen molar-refractivity contribution in [2.75, 3.05) is 6.54 Å². The molecule has 0 saturated carbocycles. The van der Waals surface area contributed by atoms with Crippen LogP contribution in [0.25, 0.3) is 0 Å². The second-order valence-electron chi connectivity index (χ2n) is 8.37. The topological polar surface area (TPSA) is 71.4 Å². The number of hydrogen-bond acceptors (Lipinski definition) is 3. The van der Waals surface area contributed by atoms with Crippen molar-refractivity contribution in [2.24, 2.45) is 0 Å². The number of hydrogen-bond donors (Lipinski definition) is 1. The summed E-state index contributed by atoms with van der Waals surface area (Å²) in [7, 11) is 0. The Morgan fingerprint density at radius 2 is 1.70 bits per heavy atom. The molecule has 2 heterocycles. The first-order valence-corrected chi connectivity index (χ1v) is 10.9. The maximum Gasteiger partial charge on any atom is 0.325 e. The highest BCUT2D eigenvalue weighted by Gasteiger charge is 2.51. The van der Waals surface area contributed by atoms with Crippen LogP contribution in [0.1, 0.15) is 46.2 Å². The normalized spacial score (nSPS) is 18.0. The van der Waals surface area contributed by atoms with Crippen LogP contribution in [0.4, 0.5) is 9.18 Å². The van der Waals surface area contributed by atoms with E-state index in [2.05, 4.69) is 5.32 Å². The van der Waals surface area contributed by atoms with E-state index in [0.717, 1.165) is 21.9 Å². The Bertz CT molecular complexity index is 1220. The van der Waals surface area contributed by atoms with E-state index in [9.17, 15) is 18.8 Å². The maximum atomic E-state index is 13.4. The predicted octanol–water partition coefficient (Wildman–Crippen LogP) is 4.33. The maximum absolute atomic E-state index is 13.4. The van der Waals surface area contributed by atoms with Gasteiger partial charge in [0, 0.05) is 23.5 Å². The van der Waals surface area contributed by atoms with Gasteiger partial charge in [-0.3, -0.25) is 14.5 Å². The zero-order chi connectivity index (χ0) is 23.8. The minimum Gasteiger partial charge on any atom is -0.344 e. The van der Waals surface area contributed by atoms with Crippen molar-refractivity contribution in [2.45, 2.75) is 39.3 Å². The molecule has 4 rings (SSSR count). The second-order valence-corrected chi connectivity index (χ2v) is 8.37. The van der Waals surface area contributed by atoms with E-state index in [0.29, 0.717) is 17.7 Å². The molecule has 1 saturated heterocycles. The molecule has 1 N–H and O–H groups in total. The molecule has 3 amide bonds. The molecule has 6 nitrogen and oxygen atoms in total. The van der Waals surface area contributed by atoms with Crippen molar-refractivity contribution >= 4 is 17.7 Å². The second kappa shape index (κ2) is 8.65. The molecule has 3 aromatic rings. The van der Waals surface area contributed by atoms with E-state index in [4.69, 9.17) is 0 Å². The number of amides is 3. The van der Waals surface area contributed by atoms with E-state index in [1.54, 1.807) is 13.0 Å². The van der Waals surface area contributed by atoms with Crippen LogP contribution in [-0.2, 0) is 16.9 Å². The summed E-state index contributed by atoms with van der Waals surface area (Å²) in [4.78, 5) is 40.2. The van der Waals surface area contributed by atoms with Gasteiger partial charge in [0.15, 0.2) is 5.78 Å². The lowest BCUT2D eigenvalue weighted by Gasteiger charge is -2.25. The molecule has 33 heavy (non-hydrogen) atoms. The summed E-state index contributed by atoms with van der Waals surface area (Å²) in [6.45, 7) is 5.83. The fourth-order valence-corrected chi connectivity index (χ4v) is 4.47. The number of Topliss-reactive ketones (excluding diaryl/α,β-unsaturated/α-hetero) is 1. The average Bonchev–Trinajstić information content (AvgIpc) is 3.23. The van der Waals surface area contributed by atoms with Gasteiger partial charge in [-0.2, -0.15) is 0 Å². The van der Waals surface area contributed by atoms with Gasteiger partial charge in [-0.15, -0.1) is 0 Å². The number of urea groups is 1. The minimum atomic E-state index is -1.31. The Hall–Kier alpha value is -3.74. The fourth-order valence-electron chi connectivity index (χ4n) is 4.47. The van der Waals surface area contributed by atoms with Crippen molar-refractivity contribution in [1.29, 1.82) is 0 Å². The fraction of sp³-hybridized carbons (Fsp3) is 0.269. The van der Waals surface area contributed by atoms with Crippen molar-refractivity contribution in [3.05, 3.63) is 94.6 Å². The quantitative estimate of drug-likeness (QED) is 0.433. The van der Waals surface area contributed by atoms with E-state index >= 15 is 0 Å². The van der Waals surface area contributed by atoms with Crippen LogP contribution in [0.3, 0.4) is 0 Å². The van der Waals surface area contributed by atoms with E-state index in [-0.39, 0.29) is 18.7 Å². The van der Waals surface area contributed by atoms with Crippen molar-refractivity contribution in [3.8, 4) is 0 Å². The number of carbonyl (C=O) groups excluding carboxylic acids is 3. The van der Waals surface area contributed by atoms with Gasteiger partial charge in [-0.25, -0.2) is 9.18 Å². The summed E-state index contributed by atoms with van der Waals surface area (Å²) in [6.07, 6.45) is 0.277. The summed E-state index contributed by atoms with van der Waals surface area (Å²) in [6, 6.07) is 16.6. The SMILES string of the molecule is CCC1(c2ccc(F)cc2)NC(=O)N(CC(=O)c2cc(C)n(Cc3ccccc3)c2C)C1=O. The van der Waals surface area contributed by atoms with Crippen LogP contribution in [-0.4, -0.2) is 33.7 Å². The molecular weight excluding hydrogens is 421 g/mol. The number of nitrogens with one attached hydrogen (secondary N) is 1. The highest BCUT2D eigenvalue weighted by atomic mass is 19.1. The number of ketones is 1. The number of benzene rings is 2. The third-order valence-corrected chi connectivity index (χ3v) is 6.40. The molecule has 1 aliphatic heterocycles. The molecule has 170 valence electrons. The number of carbonyl (C=O) groups is 3. The number of aryl methyl sites for hydroxylation is 1. The van der Waals surface area contributed by atoms with Crippen molar-refractivity contribution in [3.63, 3.8) is 0 Å². The third kappa shape index (κ3) is 3.95. The molecule has 1 aliphatic rings. The lowest BCUT2D eigenvalue weighted by molar-refractivity contribution is -0.131. The number of rotatable bonds is 7. The van der Waals surface area contributed by atoms with Gasteiger partial charge in [0.25, 0.3) is 5.91 Å². The summed E-state index contributed by atoms with van der Waals surface area (Å²) in [5, 5.41) is 2.73. The molecular formula is C26H26FN3O3. The summed E-state index contributed by atoms with van der Waals surface area (Å²) >= 11 is 0. The number of halogens is 1. The van der Waals surface area contributed by atoms with Gasteiger partial charge < -0.3 is 9.88 Å². The van der Waals surface area contributed by atoms with Crippen LogP contribution in [0.2, 0.25) is 0 Å². The molecule has 0 aliphatic carbocycles. The highest BCUT2D eigenvalue weighted by Crippen LogP contribution is 2.33. The molecule has 1 atom stereocenters. The Morgan fingerprint density at radius 1 is 1.03 bits per heavy atom. The van der Waals surface area contributed by atoms with Crippen LogP contribution in [0.15, 0.2) is 60.7 Å². The monoisotopic (exact) mass is 447 g/mol. The molecule has 0 bridgehead atoms. The Balaban J connectivity index is 1.57. The molecule has 2 aromatic carbocycles. The average molecular weight is 448 g/mol. The summed E-state index contributed by atoms with van der Waals surface area (Å²) < 4.78 is 15.4. The Labute approximate surface area is 192 Å². The first kappa shape index (κ1) is 22.5. The van der Waals surface area contributed by atoms with E-state index in [1.165, 1.54) is 24.3 Å². The zero-order valence-corrected chi connectivity index (χ0v) is 18.9. The molecule has 1 fully saturated rings. The van der Waals surface area contributed by atoms with Crippen molar-refractivity contribution in [1.82, 2.24) is 14.8 Å². The van der Waals surface area contributed by atoms with Gasteiger partial charge in [-0.1, -0.05) is 49.4 Å². The van der Waals surface area contributed by atoms with Gasteiger partial charge in [0.1, 0.15) is 11.4 Å². The Morgan fingerprint density at radius 3 is 2.33 bits per heavy atom. The van der Waals surface area contributed by atoms with Crippen LogP contribution in [0.5, 0.6) is 0 Å². The highest BCUT2D eigenvalue weighted by molar-refractivity contribution is 6.11. The van der Waals surface area contributed by atoms with Gasteiger partial charge >= 0.3 is 6.03 Å². The third-order valence-electron chi connectivity index (χ3n) is 6.40. The summed E-state index contributed by atoms with van der Waals surface area (Å²) in [5.41, 5.74) is 2.48. The standard InChI is InChI=1S/C26H26FN3O3/c1-4-26(20-10-12-21(27)13-11-20)24(32)30(25(33)28-26)16-23(31)22-14-17(2)29(18(22)3)15-19-8-6-5-7-9-19/h5-14H,4,15-16H2,1-3H3,(H,28,33). The van der Waals surface area contributed by atoms with Gasteiger partial charge in [0.2, 0.25) is 0 Å². The van der Waals surface area contributed by atoms with Crippen LogP contribution >= 0.6 is 0 Å². The zero-order valence-electron chi connectivity index (χ0n) is 18.9. The van der Waals surface area contributed by atoms with E-state index < -0.39 is 23.3 Å². The number of nitrogens with zero attached hydrogens (tertiary/aromatic N) is 2. The van der Waals surface area contributed by atoms with Gasteiger partial charge in [-0.05, 0) is 49.6 Å². The lowest BCUT2D eigenvalue weighted by atomic mass is 9.87. The first-order chi connectivity index (χ1) is 15.8. The Kier molecular flexibility index (Phi) is 5.89. The molecule has 1 unspecified atom stereocenters. The minimum absolute atomic E-state index is 0.277. The van der Waals surface area contributed by atoms with E-state index in [1.807, 2.05) is 48.7 Å². The van der Waals surface area contributed by atoms with Crippen LogP contribution < -0.4 is 5.32 Å².